The first kappa shape index (κ1) is 9.68. The molecule has 3 atom stereocenters. The number of nitrogens with two attached hydrogens (primary N) is 1. The monoisotopic (exact) mass is 207 g/mol. The maximum absolute atomic E-state index is 11.3. The first-order chi connectivity index (χ1) is 7.09. The zero-order valence-electron chi connectivity index (χ0n) is 9.54. The number of amides is 1. The number of carbonyl (C=O) groups is 1. The molecule has 4 rings (SSSR count). The van der Waals surface area contributed by atoms with Crippen LogP contribution < -0.4 is 5.73 Å². The van der Waals surface area contributed by atoms with Gasteiger partial charge in [0.15, 0.2) is 0 Å². The van der Waals surface area contributed by atoms with Gasteiger partial charge in [-0.15, -0.1) is 0 Å². The molecule has 15 heavy (non-hydrogen) atoms. The molecule has 4 bridgehead atoms. The molecule has 84 valence electrons. The normalized spacial score (nSPS) is 52.1. The lowest BCUT2D eigenvalue weighted by atomic mass is 9.44. The summed E-state index contributed by atoms with van der Waals surface area (Å²) in [6.45, 7) is 2.37. The van der Waals surface area contributed by atoms with Crippen LogP contribution in [-0.2, 0) is 4.79 Å². The molecule has 4 aliphatic carbocycles. The molecule has 0 radical (unpaired) electrons. The van der Waals surface area contributed by atoms with Crippen molar-refractivity contribution in [2.24, 2.45) is 34.8 Å². The topological polar surface area (TPSA) is 43.1 Å². The molecule has 2 nitrogen and oxygen atoms in total. The minimum Gasteiger partial charge on any atom is -0.370 e. The zero-order chi connectivity index (χ0) is 10.6. The summed E-state index contributed by atoms with van der Waals surface area (Å²) < 4.78 is 0. The van der Waals surface area contributed by atoms with Gasteiger partial charge < -0.3 is 5.73 Å². The molecule has 2 heteroatoms. The highest BCUT2D eigenvalue weighted by Gasteiger charge is 2.55. The maximum Gasteiger partial charge on any atom is 0.217 e. The molecule has 1 amide bonds. The van der Waals surface area contributed by atoms with E-state index in [1.807, 2.05) is 0 Å². The van der Waals surface area contributed by atoms with Crippen LogP contribution in [0.15, 0.2) is 0 Å². The minimum atomic E-state index is -0.0798. The Kier molecular flexibility index (Phi) is 1.93. The molecular weight excluding hydrogens is 186 g/mol. The summed E-state index contributed by atoms with van der Waals surface area (Å²) >= 11 is 0. The van der Waals surface area contributed by atoms with E-state index >= 15 is 0 Å². The van der Waals surface area contributed by atoms with Gasteiger partial charge in [-0.05, 0) is 61.2 Å². The van der Waals surface area contributed by atoms with Gasteiger partial charge in [-0.3, -0.25) is 4.79 Å². The van der Waals surface area contributed by atoms with Crippen molar-refractivity contribution in [2.75, 3.05) is 0 Å². The summed E-state index contributed by atoms with van der Waals surface area (Å²) in [5.41, 5.74) is 5.74. The highest BCUT2D eigenvalue weighted by molar-refractivity contribution is 5.74. The number of hydrogen-bond donors (Lipinski definition) is 1. The van der Waals surface area contributed by atoms with Gasteiger partial charge in [0.05, 0.1) is 0 Å². The predicted molar refractivity (Wildman–Crippen MR) is 59.0 cm³/mol. The zero-order valence-corrected chi connectivity index (χ0v) is 9.54. The van der Waals surface area contributed by atoms with Crippen molar-refractivity contribution in [3.05, 3.63) is 0 Å². The summed E-state index contributed by atoms with van der Waals surface area (Å²) in [5, 5.41) is 0. The Hall–Kier alpha value is -0.530. The van der Waals surface area contributed by atoms with Crippen LogP contribution in [0, 0.1) is 29.1 Å². The van der Waals surface area contributed by atoms with Crippen LogP contribution in [0.5, 0.6) is 0 Å². The molecule has 0 aliphatic heterocycles. The molecule has 0 aromatic rings. The highest BCUT2D eigenvalue weighted by Crippen LogP contribution is 2.63. The second-order valence-electron chi connectivity index (χ2n) is 6.40. The lowest BCUT2D eigenvalue weighted by Gasteiger charge is -2.60. The van der Waals surface area contributed by atoms with Gasteiger partial charge in [0.2, 0.25) is 5.91 Å². The second-order valence-corrected chi connectivity index (χ2v) is 6.40. The molecule has 0 aromatic carbocycles. The van der Waals surface area contributed by atoms with Crippen LogP contribution in [0.1, 0.15) is 45.4 Å². The Morgan fingerprint density at radius 2 is 1.87 bits per heavy atom. The third-order valence-corrected chi connectivity index (χ3v) is 5.53. The van der Waals surface area contributed by atoms with E-state index in [1.54, 1.807) is 0 Å². The summed E-state index contributed by atoms with van der Waals surface area (Å²) in [6, 6.07) is 0. The van der Waals surface area contributed by atoms with E-state index in [0.717, 1.165) is 23.7 Å². The number of carbonyl (C=O) groups excluding carboxylic acids is 1. The molecule has 0 saturated heterocycles. The quantitative estimate of drug-likeness (QED) is 0.742. The minimum absolute atomic E-state index is 0.0798. The van der Waals surface area contributed by atoms with Gasteiger partial charge in [0, 0.05) is 6.42 Å². The van der Waals surface area contributed by atoms with Crippen molar-refractivity contribution >= 4 is 5.91 Å². The van der Waals surface area contributed by atoms with Crippen molar-refractivity contribution in [3.63, 3.8) is 0 Å². The van der Waals surface area contributed by atoms with Crippen molar-refractivity contribution < 1.29 is 4.79 Å². The Morgan fingerprint density at radius 3 is 2.40 bits per heavy atom. The van der Waals surface area contributed by atoms with Crippen LogP contribution in [0.4, 0.5) is 0 Å². The van der Waals surface area contributed by atoms with Crippen LogP contribution in [0.25, 0.3) is 0 Å². The first-order valence-corrected chi connectivity index (χ1v) is 6.37. The molecular formula is C13H21NO. The fourth-order valence-corrected chi connectivity index (χ4v) is 5.12. The standard InChI is InChI=1S/C13H21NO/c1-8-11-3-9-2-10(4-11)6-13(8,5-9)7-12(14)15/h8-11H,2-7H2,1H3,(H2,14,15). The van der Waals surface area contributed by atoms with Crippen molar-refractivity contribution in [1.29, 1.82) is 0 Å². The van der Waals surface area contributed by atoms with Crippen molar-refractivity contribution in [3.8, 4) is 0 Å². The van der Waals surface area contributed by atoms with E-state index in [2.05, 4.69) is 6.92 Å². The lowest BCUT2D eigenvalue weighted by Crippen LogP contribution is -2.52. The fourth-order valence-electron chi connectivity index (χ4n) is 5.12. The first-order valence-electron chi connectivity index (χ1n) is 6.37. The van der Waals surface area contributed by atoms with E-state index < -0.39 is 0 Å². The molecule has 0 heterocycles. The molecule has 4 fully saturated rings. The van der Waals surface area contributed by atoms with Crippen LogP contribution in [0.3, 0.4) is 0 Å². The average molecular weight is 207 g/mol. The number of primary amides is 1. The van der Waals surface area contributed by atoms with Gasteiger partial charge in [0.1, 0.15) is 0 Å². The Labute approximate surface area is 91.6 Å². The Bertz CT molecular complexity index is 285. The summed E-state index contributed by atoms with van der Waals surface area (Å²) in [6.07, 6.45) is 7.51. The third kappa shape index (κ3) is 1.33. The van der Waals surface area contributed by atoms with Gasteiger partial charge in [0.25, 0.3) is 0 Å². The Balaban J connectivity index is 1.90. The number of hydrogen-bond acceptors (Lipinski definition) is 1. The molecule has 0 aromatic heterocycles. The van der Waals surface area contributed by atoms with Gasteiger partial charge in [-0.25, -0.2) is 0 Å². The van der Waals surface area contributed by atoms with E-state index in [0.29, 0.717) is 11.8 Å². The van der Waals surface area contributed by atoms with Crippen LogP contribution in [-0.4, -0.2) is 5.91 Å². The predicted octanol–water partition coefficient (Wildman–Crippen LogP) is 2.32. The summed E-state index contributed by atoms with van der Waals surface area (Å²) in [7, 11) is 0. The van der Waals surface area contributed by atoms with E-state index in [9.17, 15) is 4.79 Å². The SMILES string of the molecule is CC1C2CC3CC(C2)CC1(CC(N)=O)C3. The number of rotatable bonds is 2. The molecule has 4 aliphatic rings. The average Bonchev–Trinajstić information content (AvgIpc) is 2.11. The smallest absolute Gasteiger partial charge is 0.217 e. The van der Waals surface area contributed by atoms with Gasteiger partial charge >= 0.3 is 0 Å². The third-order valence-electron chi connectivity index (χ3n) is 5.53. The summed E-state index contributed by atoms with van der Waals surface area (Å²) in [5.74, 6) is 3.38. The molecule has 0 spiro atoms. The van der Waals surface area contributed by atoms with Crippen LogP contribution >= 0.6 is 0 Å². The largest absolute Gasteiger partial charge is 0.370 e. The Morgan fingerprint density at radius 1 is 1.27 bits per heavy atom. The molecule has 2 N–H and O–H groups in total. The summed E-state index contributed by atoms with van der Waals surface area (Å²) in [4.78, 5) is 11.3. The molecule has 4 saturated carbocycles. The van der Waals surface area contributed by atoms with E-state index in [-0.39, 0.29) is 5.91 Å². The van der Waals surface area contributed by atoms with Gasteiger partial charge in [-0.2, -0.15) is 0 Å². The maximum atomic E-state index is 11.3. The van der Waals surface area contributed by atoms with E-state index in [1.165, 1.54) is 32.1 Å². The van der Waals surface area contributed by atoms with Crippen LogP contribution in [0.2, 0.25) is 0 Å². The van der Waals surface area contributed by atoms with Gasteiger partial charge in [-0.1, -0.05) is 6.92 Å². The molecule has 3 unspecified atom stereocenters. The van der Waals surface area contributed by atoms with Crippen molar-refractivity contribution in [2.45, 2.75) is 45.4 Å². The second kappa shape index (κ2) is 2.99. The highest BCUT2D eigenvalue weighted by atomic mass is 16.1. The lowest BCUT2D eigenvalue weighted by molar-refractivity contribution is -0.135. The fraction of sp³-hybridized carbons (Fsp3) is 0.923. The van der Waals surface area contributed by atoms with E-state index in [4.69, 9.17) is 5.73 Å². The van der Waals surface area contributed by atoms with Crippen molar-refractivity contribution in [1.82, 2.24) is 0 Å².